The van der Waals surface area contributed by atoms with Gasteiger partial charge in [-0.2, -0.15) is 0 Å². The zero-order valence-electron chi connectivity index (χ0n) is 16.8. The van der Waals surface area contributed by atoms with Crippen molar-refractivity contribution < 1.29 is 23.9 Å². The van der Waals surface area contributed by atoms with E-state index >= 15 is 0 Å². The van der Waals surface area contributed by atoms with Crippen molar-refractivity contribution in [2.45, 2.75) is 45.1 Å². The number of carbonyl (C=O) groups excluding carboxylic acids is 3. The molecule has 3 rings (SSSR count). The Labute approximate surface area is 170 Å². The van der Waals surface area contributed by atoms with Gasteiger partial charge in [0.2, 0.25) is 0 Å². The van der Waals surface area contributed by atoms with Gasteiger partial charge < -0.3 is 9.47 Å². The number of carbonyl (C=O) groups is 3. The van der Waals surface area contributed by atoms with Gasteiger partial charge in [-0.3, -0.25) is 19.8 Å². The molecule has 4 amide bonds. The molecule has 29 heavy (non-hydrogen) atoms. The molecule has 0 unspecified atom stereocenters. The number of methoxy groups -OCH3 is 1. The van der Waals surface area contributed by atoms with Gasteiger partial charge in [-0.15, -0.1) is 6.58 Å². The topological polar surface area (TPSA) is 84.9 Å². The van der Waals surface area contributed by atoms with E-state index in [0.717, 1.165) is 31.2 Å². The molecule has 0 aromatic heterocycles. The highest BCUT2D eigenvalue weighted by molar-refractivity contribution is 6.31. The summed E-state index contributed by atoms with van der Waals surface area (Å²) in [6.07, 6.45) is 7.24. The molecule has 1 saturated heterocycles. The van der Waals surface area contributed by atoms with Crippen molar-refractivity contribution in [1.29, 1.82) is 0 Å². The molecule has 154 valence electrons. The van der Waals surface area contributed by atoms with Crippen LogP contribution in [-0.4, -0.2) is 42.5 Å². The number of barbiturate groups is 1. The van der Waals surface area contributed by atoms with Crippen LogP contribution in [0.3, 0.4) is 0 Å². The van der Waals surface area contributed by atoms with Crippen LogP contribution < -0.4 is 14.8 Å². The molecule has 7 heteroatoms. The Balaban J connectivity index is 2.02. The fourth-order valence-corrected chi connectivity index (χ4v) is 3.90. The Morgan fingerprint density at radius 1 is 1.24 bits per heavy atom. The van der Waals surface area contributed by atoms with E-state index in [2.05, 4.69) is 11.9 Å². The number of benzene rings is 1. The minimum absolute atomic E-state index is 0.0614. The molecule has 0 spiro atoms. The maximum absolute atomic E-state index is 13.0. The van der Waals surface area contributed by atoms with Crippen molar-refractivity contribution in [3.8, 4) is 11.5 Å². The van der Waals surface area contributed by atoms with E-state index in [-0.39, 0.29) is 11.6 Å². The van der Waals surface area contributed by atoms with Crippen molar-refractivity contribution in [3.63, 3.8) is 0 Å². The van der Waals surface area contributed by atoms with Gasteiger partial charge in [0.1, 0.15) is 5.57 Å². The van der Waals surface area contributed by atoms with Gasteiger partial charge in [0.05, 0.1) is 13.7 Å². The predicted molar refractivity (Wildman–Crippen MR) is 109 cm³/mol. The Bertz CT molecular complexity index is 868. The van der Waals surface area contributed by atoms with Crippen LogP contribution in [0.25, 0.3) is 6.08 Å². The van der Waals surface area contributed by atoms with Gasteiger partial charge >= 0.3 is 6.03 Å². The average molecular weight is 398 g/mol. The normalized spacial score (nSPS) is 18.9. The zero-order chi connectivity index (χ0) is 21.0. The summed E-state index contributed by atoms with van der Waals surface area (Å²) < 4.78 is 11.2. The SMILES string of the molecule is C=CCc1cc(/C=C2\C(=O)NC(=O)N(C3CCCC3)C2=O)cc(OCC)c1OC. The van der Waals surface area contributed by atoms with E-state index < -0.39 is 17.8 Å². The van der Waals surface area contributed by atoms with Gasteiger partial charge in [0.15, 0.2) is 11.5 Å². The number of nitrogens with zero attached hydrogens (tertiary/aromatic N) is 1. The molecule has 0 bridgehead atoms. The molecule has 1 heterocycles. The van der Waals surface area contributed by atoms with Gasteiger partial charge in [0, 0.05) is 11.6 Å². The van der Waals surface area contributed by atoms with Crippen LogP contribution in [0.4, 0.5) is 4.79 Å². The number of ether oxygens (including phenoxy) is 2. The molecule has 1 aliphatic heterocycles. The van der Waals surface area contributed by atoms with Gasteiger partial charge in [0.25, 0.3) is 11.8 Å². The van der Waals surface area contributed by atoms with E-state index in [9.17, 15) is 14.4 Å². The lowest BCUT2D eigenvalue weighted by Crippen LogP contribution is -2.57. The van der Waals surface area contributed by atoms with Crippen LogP contribution >= 0.6 is 0 Å². The monoisotopic (exact) mass is 398 g/mol. The first kappa shape index (κ1) is 20.6. The van der Waals surface area contributed by atoms with Crippen LogP contribution in [-0.2, 0) is 16.0 Å². The van der Waals surface area contributed by atoms with E-state index in [1.54, 1.807) is 19.3 Å². The zero-order valence-corrected chi connectivity index (χ0v) is 16.8. The molecule has 1 aliphatic carbocycles. The fourth-order valence-electron chi connectivity index (χ4n) is 3.90. The van der Waals surface area contributed by atoms with Crippen molar-refractivity contribution in [2.75, 3.05) is 13.7 Å². The third-order valence-electron chi connectivity index (χ3n) is 5.16. The quantitative estimate of drug-likeness (QED) is 0.433. The number of hydrogen-bond acceptors (Lipinski definition) is 5. The summed E-state index contributed by atoms with van der Waals surface area (Å²) in [5.41, 5.74) is 1.38. The van der Waals surface area contributed by atoms with E-state index in [0.29, 0.717) is 30.1 Å². The molecular formula is C22H26N2O5. The van der Waals surface area contributed by atoms with Crippen LogP contribution in [0.2, 0.25) is 0 Å². The van der Waals surface area contributed by atoms with Crippen molar-refractivity contribution in [2.24, 2.45) is 0 Å². The van der Waals surface area contributed by atoms with Crippen LogP contribution in [0.1, 0.15) is 43.7 Å². The first-order valence-corrected chi connectivity index (χ1v) is 9.85. The number of amides is 4. The van der Waals surface area contributed by atoms with E-state index in [4.69, 9.17) is 9.47 Å². The second-order valence-corrected chi connectivity index (χ2v) is 7.07. The minimum Gasteiger partial charge on any atom is -0.493 e. The first-order chi connectivity index (χ1) is 14.0. The maximum Gasteiger partial charge on any atom is 0.331 e. The third-order valence-corrected chi connectivity index (χ3v) is 5.16. The lowest BCUT2D eigenvalue weighted by Gasteiger charge is -2.31. The number of rotatable bonds is 7. The summed E-state index contributed by atoms with van der Waals surface area (Å²) in [4.78, 5) is 38.8. The Kier molecular flexibility index (Phi) is 6.36. The van der Waals surface area contributed by atoms with Gasteiger partial charge in [-0.05, 0) is 50.0 Å². The van der Waals surface area contributed by atoms with Gasteiger partial charge in [-0.25, -0.2) is 4.79 Å². The minimum atomic E-state index is -0.687. The summed E-state index contributed by atoms with van der Waals surface area (Å²) in [7, 11) is 1.56. The molecule has 1 aromatic rings. The Hall–Kier alpha value is -3.09. The molecule has 0 radical (unpaired) electrons. The molecule has 1 aromatic carbocycles. The van der Waals surface area contributed by atoms with Crippen LogP contribution in [0.15, 0.2) is 30.4 Å². The summed E-state index contributed by atoms with van der Waals surface area (Å²) >= 11 is 0. The Morgan fingerprint density at radius 2 is 1.97 bits per heavy atom. The smallest absolute Gasteiger partial charge is 0.331 e. The summed E-state index contributed by atoms with van der Waals surface area (Å²) in [6.45, 7) is 6.06. The highest BCUT2D eigenvalue weighted by atomic mass is 16.5. The third kappa shape index (κ3) is 4.18. The maximum atomic E-state index is 13.0. The molecule has 0 atom stereocenters. The van der Waals surface area contributed by atoms with Crippen molar-refractivity contribution >= 4 is 23.9 Å². The Morgan fingerprint density at radius 3 is 2.59 bits per heavy atom. The molecule has 1 saturated carbocycles. The van der Waals surface area contributed by atoms with Crippen LogP contribution in [0.5, 0.6) is 11.5 Å². The first-order valence-electron chi connectivity index (χ1n) is 9.85. The van der Waals surface area contributed by atoms with Crippen molar-refractivity contribution in [1.82, 2.24) is 10.2 Å². The largest absolute Gasteiger partial charge is 0.493 e. The standard InChI is InChI=1S/C22H26N2O5/c1-4-8-15-11-14(13-18(29-5-2)19(15)28-3)12-17-20(25)23-22(27)24(21(17)26)16-9-6-7-10-16/h4,11-13,16H,1,5-10H2,2-3H3,(H,23,25,27)/b17-12+. The molecule has 2 fully saturated rings. The van der Waals surface area contributed by atoms with Crippen molar-refractivity contribution in [3.05, 3.63) is 41.5 Å². The highest BCUT2D eigenvalue weighted by Gasteiger charge is 2.40. The van der Waals surface area contributed by atoms with Crippen LogP contribution in [0, 0.1) is 0 Å². The number of nitrogens with one attached hydrogen (secondary N) is 1. The second kappa shape index (κ2) is 8.94. The number of allylic oxidation sites excluding steroid dienone is 1. The summed E-state index contributed by atoms with van der Waals surface area (Å²) in [5.74, 6) is -0.123. The number of imide groups is 2. The predicted octanol–water partition coefficient (Wildman–Crippen LogP) is 3.23. The van der Waals surface area contributed by atoms with Gasteiger partial charge in [-0.1, -0.05) is 18.9 Å². The summed E-state index contributed by atoms with van der Waals surface area (Å²) in [6, 6.07) is 2.75. The van der Waals surface area contributed by atoms with E-state index in [1.807, 2.05) is 13.0 Å². The van der Waals surface area contributed by atoms with E-state index in [1.165, 1.54) is 11.0 Å². The second-order valence-electron chi connectivity index (χ2n) is 7.07. The number of hydrogen-bond donors (Lipinski definition) is 1. The highest BCUT2D eigenvalue weighted by Crippen LogP contribution is 2.35. The molecular weight excluding hydrogens is 372 g/mol. The molecule has 7 nitrogen and oxygen atoms in total. The fraction of sp³-hybridized carbons (Fsp3) is 0.409. The lowest BCUT2D eigenvalue weighted by atomic mass is 10.0. The number of urea groups is 1. The summed E-state index contributed by atoms with van der Waals surface area (Å²) in [5, 5.41) is 2.30. The molecule has 2 aliphatic rings. The lowest BCUT2D eigenvalue weighted by molar-refractivity contribution is -0.131. The average Bonchev–Trinajstić information content (AvgIpc) is 3.20. The molecule has 1 N–H and O–H groups in total.